The Morgan fingerprint density at radius 3 is 2.28 bits per heavy atom. The van der Waals surface area contributed by atoms with Crippen LogP contribution in [0.4, 0.5) is 5.69 Å². The fourth-order valence-electron chi connectivity index (χ4n) is 2.34. The van der Waals surface area contributed by atoms with Gasteiger partial charge in [0, 0.05) is 13.1 Å². The fourth-order valence-corrected chi connectivity index (χ4v) is 2.64. The molecule has 3 heteroatoms. The number of halogens is 1. The minimum atomic E-state index is 0.598. The van der Waals surface area contributed by atoms with Gasteiger partial charge in [0.15, 0.2) is 0 Å². The summed E-state index contributed by atoms with van der Waals surface area (Å²) in [7, 11) is 0. The van der Waals surface area contributed by atoms with Crippen molar-refractivity contribution in [2.24, 2.45) is 0 Å². The molecular weight excluding hydrogens is 244 g/mol. The number of anilines is 1. The second-order valence-corrected chi connectivity index (χ2v) is 4.81. The molecule has 18 heavy (non-hydrogen) atoms. The third kappa shape index (κ3) is 1.83. The predicted molar refractivity (Wildman–Crippen MR) is 72.5 cm³/mol. The second-order valence-electron chi connectivity index (χ2n) is 4.40. The van der Waals surface area contributed by atoms with E-state index in [1.54, 1.807) is 6.07 Å². The van der Waals surface area contributed by atoms with E-state index in [4.69, 9.17) is 16.9 Å². The number of benzene rings is 2. The Bertz CT molecular complexity index is 618. The molecule has 88 valence electrons. The summed E-state index contributed by atoms with van der Waals surface area (Å²) in [4.78, 5) is 2.23. The maximum absolute atomic E-state index is 8.84. The molecule has 0 fully saturated rings. The number of fused-ring (bicyclic) bond motifs is 1. The molecule has 0 bridgehead atoms. The largest absolute Gasteiger partial charge is 0.362 e. The Morgan fingerprint density at radius 1 is 1.06 bits per heavy atom. The lowest BCUT2D eigenvalue weighted by molar-refractivity contribution is 0.880. The van der Waals surface area contributed by atoms with Crippen LogP contribution in [0.2, 0.25) is 5.02 Å². The van der Waals surface area contributed by atoms with Gasteiger partial charge in [-0.2, -0.15) is 5.26 Å². The van der Waals surface area contributed by atoms with Crippen LogP contribution < -0.4 is 4.90 Å². The lowest BCUT2D eigenvalue weighted by Crippen LogP contribution is -2.14. The maximum atomic E-state index is 8.84. The van der Waals surface area contributed by atoms with Crippen molar-refractivity contribution < 1.29 is 0 Å². The third-order valence-corrected chi connectivity index (χ3v) is 3.56. The summed E-state index contributed by atoms with van der Waals surface area (Å²) in [5.74, 6) is 0. The van der Waals surface area contributed by atoms with E-state index in [0.717, 1.165) is 18.8 Å². The summed E-state index contributed by atoms with van der Waals surface area (Å²) in [6, 6.07) is 16.0. The van der Waals surface area contributed by atoms with Crippen LogP contribution in [0.3, 0.4) is 0 Å². The molecule has 0 aliphatic carbocycles. The molecule has 2 nitrogen and oxygen atoms in total. The van der Waals surface area contributed by atoms with Gasteiger partial charge < -0.3 is 4.90 Å². The minimum absolute atomic E-state index is 0.598. The van der Waals surface area contributed by atoms with Gasteiger partial charge >= 0.3 is 0 Å². The molecule has 0 radical (unpaired) electrons. The van der Waals surface area contributed by atoms with E-state index in [9.17, 15) is 0 Å². The standard InChI is InChI=1S/C15H11ClN2/c16-14-7-11(8-17)5-6-15(14)18-9-12-3-1-2-4-13(12)10-18/h1-7H,9-10H2. The molecule has 0 saturated carbocycles. The summed E-state index contributed by atoms with van der Waals surface area (Å²) in [5.41, 5.74) is 4.28. The first kappa shape index (κ1) is 11.1. The third-order valence-electron chi connectivity index (χ3n) is 3.26. The monoisotopic (exact) mass is 254 g/mol. The number of hydrogen-bond donors (Lipinski definition) is 0. The lowest BCUT2D eigenvalue weighted by Gasteiger charge is -2.19. The van der Waals surface area contributed by atoms with Gasteiger partial charge in [-0.15, -0.1) is 0 Å². The summed E-state index contributed by atoms with van der Waals surface area (Å²) >= 11 is 6.24. The van der Waals surface area contributed by atoms with Crippen molar-refractivity contribution in [2.75, 3.05) is 4.90 Å². The van der Waals surface area contributed by atoms with E-state index in [2.05, 4.69) is 35.2 Å². The molecule has 0 spiro atoms. The summed E-state index contributed by atoms with van der Waals surface area (Å²) < 4.78 is 0. The van der Waals surface area contributed by atoms with E-state index in [-0.39, 0.29) is 0 Å². The highest BCUT2D eigenvalue weighted by atomic mass is 35.5. The van der Waals surface area contributed by atoms with Crippen molar-refractivity contribution in [2.45, 2.75) is 13.1 Å². The zero-order chi connectivity index (χ0) is 12.5. The van der Waals surface area contributed by atoms with Gasteiger partial charge in [-0.05, 0) is 29.3 Å². The van der Waals surface area contributed by atoms with Crippen LogP contribution in [-0.2, 0) is 13.1 Å². The highest BCUT2D eigenvalue weighted by Crippen LogP contribution is 2.33. The molecule has 1 heterocycles. The van der Waals surface area contributed by atoms with Crippen molar-refractivity contribution >= 4 is 17.3 Å². The Balaban J connectivity index is 1.93. The number of hydrogen-bond acceptors (Lipinski definition) is 2. The van der Waals surface area contributed by atoms with Crippen LogP contribution in [0.5, 0.6) is 0 Å². The Kier molecular flexibility index (Phi) is 2.70. The van der Waals surface area contributed by atoms with Crippen molar-refractivity contribution in [1.82, 2.24) is 0 Å². The molecule has 0 aromatic heterocycles. The Labute approximate surface area is 111 Å². The normalized spacial score (nSPS) is 13.2. The van der Waals surface area contributed by atoms with E-state index < -0.39 is 0 Å². The zero-order valence-electron chi connectivity index (χ0n) is 9.73. The first-order chi connectivity index (χ1) is 8.78. The van der Waals surface area contributed by atoms with Crippen LogP contribution in [0, 0.1) is 11.3 Å². The van der Waals surface area contributed by atoms with E-state index in [1.807, 2.05) is 12.1 Å². The van der Waals surface area contributed by atoms with Gasteiger partial charge in [0.25, 0.3) is 0 Å². The first-order valence-electron chi connectivity index (χ1n) is 5.79. The molecule has 1 aliphatic rings. The van der Waals surface area contributed by atoms with Gasteiger partial charge in [-0.1, -0.05) is 35.9 Å². The lowest BCUT2D eigenvalue weighted by atomic mass is 10.1. The van der Waals surface area contributed by atoms with Gasteiger partial charge in [0.1, 0.15) is 0 Å². The van der Waals surface area contributed by atoms with E-state index in [1.165, 1.54) is 11.1 Å². The van der Waals surface area contributed by atoms with E-state index in [0.29, 0.717) is 10.6 Å². The molecule has 0 saturated heterocycles. The molecule has 0 unspecified atom stereocenters. The Hall–Kier alpha value is -1.98. The Morgan fingerprint density at radius 2 is 1.72 bits per heavy atom. The molecular formula is C15H11ClN2. The highest BCUT2D eigenvalue weighted by Gasteiger charge is 2.20. The van der Waals surface area contributed by atoms with Gasteiger partial charge in [0.2, 0.25) is 0 Å². The molecule has 0 atom stereocenters. The first-order valence-corrected chi connectivity index (χ1v) is 6.17. The number of nitrogens with zero attached hydrogens (tertiary/aromatic N) is 2. The highest BCUT2D eigenvalue weighted by molar-refractivity contribution is 6.33. The van der Waals surface area contributed by atoms with Gasteiger partial charge in [-0.25, -0.2) is 0 Å². The van der Waals surface area contributed by atoms with Crippen LogP contribution in [0.25, 0.3) is 0 Å². The van der Waals surface area contributed by atoms with Crippen LogP contribution in [0.15, 0.2) is 42.5 Å². The van der Waals surface area contributed by atoms with Crippen LogP contribution >= 0.6 is 11.6 Å². The molecule has 0 N–H and O–H groups in total. The quantitative estimate of drug-likeness (QED) is 0.775. The average Bonchev–Trinajstić information content (AvgIpc) is 2.81. The van der Waals surface area contributed by atoms with Crippen molar-refractivity contribution in [3.63, 3.8) is 0 Å². The zero-order valence-corrected chi connectivity index (χ0v) is 10.5. The minimum Gasteiger partial charge on any atom is -0.362 e. The molecule has 1 aliphatic heterocycles. The molecule has 2 aromatic carbocycles. The molecule has 0 amide bonds. The second kappa shape index (κ2) is 4.36. The fraction of sp³-hybridized carbons (Fsp3) is 0.133. The van der Waals surface area contributed by atoms with Crippen LogP contribution in [-0.4, -0.2) is 0 Å². The SMILES string of the molecule is N#Cc1ccc(N2Cc3ccccc3C2)c(Cl)c1. The topological polar surface area (TPSA) is 27.0 Å². The average molecular weight is 255 g/mol. The number of nitriles is 1. The van der Waals surface area contributed by atoms with Crippen LogP contribution in [0.1, 0.15) is 16.7 Å². The van der Waals surface area contributed by atoms with Crippen molar-refractivity contribution in [1.29, 1.82) is 5.26 Å². The summed E-state index contributed by atoms with van der Waals surface area (Å²) in [6.45, 7) is 1.75. The van der Waals surface area contributed by atoms with E-state index >= 15 is 0 Å². The summed E-state index contributed by atoms with van der Waals surface area (Å²) in [6.07, 6.45) is 0. The van der Waals surface area contributed by atoms with Crippen molar-refractivity contribution in [3.8, 4) is 6.07 Å². The smallest absolute Gasteiger partial charge is 0.0992 e. The molecule has 2 aromatic rings. The number of rotatable bonds is 1. The summed E-state index contributed by atoms with van der Waals surface area (Å²) in [5, 5.41) is 9.48. The maximum Gasteiger partial charge on any atom is 0.0992 e. The van der Waals surface area contributed by atoms with Gasteiger partial charge in [-0.3, -0.25) is 0 Å². The molecule has 3 rings (SSSR count). The van der Waals surface area contributed by atoms with Gasteiger partial charge in [0.05, 0.1) is 22.3 Å². The van der Waals surface area contributed by atoms with Crippen molar-refractivity contribution in [3.05, 3.63) is 64.2 Å². The predicted octanol–water partition coefficient (Wildman–Crippen LogP) is 3.73.